The Morgan fingerprint density at radius 1 is 1.10 bits per heavy atom. The highest BCUT2D eigenvalue weighted by molar-refractivity contribution is 7.13. The van der Waals surface area contributed by atoms with Crippen molar-refractivity contribution in [3.8, 4) is 10.6 Å². The number of nitrogens with one attached hydrogen (secondary N) is 1. The lowest BCUT2D eigenvalue weighted by molar-refractivity contribution is -0.117. The number of benzene rings is 2. The minimum absolute atomic E-state index is 0.0233. The Kier molecular flexibility index (Phi) is 7.00. The molecule has 0 atom stereocenters. The Morgan fingerprint density at radius 3 is 2.59 bits per heavy atom. The number of aromatic nitrogens is 1. The number of amides is 1. The Morgan fingerprint density at radius 2 is 1.86 bits per heavy atom. The first-order chi connectivity index (χ1) is 14.0. The SMILES string of the molecule is CCCN(CC(=O)Nc1ccc(F)c(F)c1F)Cc1csc(-c2ccccc2)n1. The maximum atomic E-state index is 13.8. The molecule has 4 nitrogen and oxygen atoms in total. The van der Waals surface area contributed by atoms with E-state index in [9.17, 15) is 18.0 Å². The van der Waals surface area contributed by atoms with Gasteiger partial charge in [0, 0.05) is 17.5 Å². The fraction of sp³-hybridized carbons (Fsp3) is 0.238. The third kappa shape index (κ3) is 5.42. The van der Waals surface area contributed by atoms with Crippen LogP contribution in [0, 0.1) is 17.5 Å². The van der Waals surface area contributed by atoms with E-state index in [2.05, 4.69) is 10.3 Å². The maximum Gasteiger partial charge on any atom is 0.238 e. The average molecular weight is 419 g/mol. The summed E-state index contributed by atoms with van der Waals surface area (Å²) in [5.74, 6) is -4.83. The molecule has 152 valence electrons. The minimum atomic E-state index is -1.61. The van der Waals surface area contributed by atoms with Gasteiger partial charge in [0.05, 0.1) is 17.9 Å². The van der Waals surface area contributed by atoms with Gasteiger partial charge in [0.2, 0.25) is 5.91 Å². The van der Waals surface area contributed by atoms with E-state index in [-0.39, 0.29) is 12.2 Å². The van der Waals surface area contributed by atoms with Crippen LogP contribution in [-0.2, 0) is 11.3 Å². The van der Waals surface area contributed by atoms with Gasteiger partial charge in [0.15, 0.2) is 17.5 Å². The molecule has 8 heteroatoms. The molecule has 0 bridgehead atoms. The van der Waals surface area contributed by atoms with Crippen LogP contribution in [-0.4, -0.2) is 28.9 Å². The quantitative estimate of drug-likeness (QED) is 0.518. The fourth-order valence-electron chi connectivity index (χ4n) is 2.87. The van der Waals surface area contributed by atoms with Crippen molar-refractivity contribution in [2.75, 3.05) is 18.4 Å². The third-order valence-electron chi connectivity index (χ3n) is 4.17. The number of thiazole rings is 1. The molecule has 0 unspecified atom stereocenters. The maximum absolute atomic E-state index is 13.8. The van der Waals surface area contributed by atoms with E-state index in [1.54, 1.807) is 0 Å². The Labute approximate surface area is 171 Å². The van der Waals surface area contributed by atoms with Crippen LogP contribution < -0.4 is 5.32 Å². The zero-order valence-corrected chi connectivity index (χ0v) is 16.6. The van der Waals surface area contributed by atoms with Gasteiger partial charge in [-0.2, -0.15) is 0 Å². The highest BCUT2D eigenvalue weighted by Gasteiger charge is 2.17. The molecule has 1 heterocycles. The topological polar surface area (TPSA) is 45.2 Å². The minimum Gasteiger partial charge on any atom is -0.322 e. The molecule has 0 spiro atoms. The fourth-order valence-corrected chi connectivity index (χ4v) is 3.68. The molecule has 3 rings (SSSR count). The van der Waals surface area contributed by atoms with Crippen molar-refractivity contribution in [2.24, 2.45) is 0 Å². The second-order valence-corrected chi connectivity index (χ2v) is 7.35. The molecular weight excluding hydrogens is 399 g/mol. The van der Waals surface area contributed by atoms with E-state index in [1.165, 1.54) is 11.3 Å². The number of nitrogens with zero attached hydrogens (tertiary/aromatic N) is 2. The predicted molar refractivity (Wildman–Crippen MR) is 108 cm³/mol. The summed E-state index contributed by atoms with van der Waals surface area (Å²) in [6.45, 7) is 3.04. The van der Waals surface area contributed by atoms with Crippen LogP contribution >= 0.6 is 11.3 Å². The second-order valence-electron chi connectivity index (χ2n) is 6.49. The van der Waals surface area contributed by atoms with Gasteiger partial charge >= 0.3 is 0 Å². The average Bonchev–Trinajstić information content (AvgIpc) is 3.18. The summed E-state index contributed by atoms with van der Waals surface area (Å²) in [4.78, 5) is 18.8. The number of hydrogen-bond acceptors (Lipinski definition) is 4. The van der Waals surface area contributed by atoms with Gasteiger partial charge < -0.3 is 5.32 Å². The lowest BCUT2D eigenvalue weighted by Crippen LogP contribution is -2.33. The molecule has 0 radical (unpaired) electrons. The third-order valence-corrected chi connectivity index (χ3v) is 5.11. The van der Waals surface area contributed by atoms with Crippen molar-refractivity contribution in [2.45, 2.75) is 19.9 Å². The summed E-state index contributed by atoms with van der Waals surface area (Å²) in [6, 6.07) is 11.6. The lowest BCUT2D eigenvalue weighted by Gasteiger charge is -2.20. The van der Waals surface area contributed by atoms with E-state index in [1.807, 2.05) is 47.5 Å². The zero-order chi connectivity index (χ0) is 20.8. The number of hydrogen-bond donors (Lipinski definition) is 1. The summed E-state index contributed by atoms with van der Waals surface area (Å²) in [7, 11) is 0. The molecule has 0 aliphatic heterocycles. The zero-order valence-electron chi connectivity index (χ0n) is 15.8. The molecule has 0 aliphatic carbocycles. The summed E-state index contributed by atoms with van der Waals surface area (Å²) in [5, 5.41) is 5.14. The molecule has 29 heavy (non-hydrogen) atoms. The van der Waals surface area contributed by atoms with Crippen LogP contribution in [0.25, 0.3) is 10.6 Å². The monoisotopic (exact) mass is 419 g/mol. The standard InChI is InChI=1S/C21H20F3N3OS/c1-2-10-27(11-15-13-29-21(25-15)14-6-4-3-5-7-14)12-18(28)26-17-9-8-16(22)19(23)20(17)24/h3-9,13H,2,10-12H2,1H3,(H,26,28). The Hall–Kier alpha value is -2.71. The van der Waals surface area contributed by atoms with Crippen LogP contribution in [0.15, 0.2) is 47.8 Å². The van der Waals surface area contributed by atoms with E-state index in [4.69, 9.17) is 0 Å². The van der Waals surface area contributed by atoms with E-state index >= 15 is 0 Å². The van der Waals surface area contributed by atoms with Gasteiger partial charge in [-0.3, -0.25) is 9.69 Å². The Balaban J connectivity index is 1.65. The van der Waals surface area contributed by atoms with Gasteiger partial charge in [0.1, 0.15) is 5.01 Å². The molecule has 0 saturated carbocycles. The van der Waals surface area contributed by atoms with Crippen molar-refractivity contribution >= 4 is 22.9 Å². The van der Waals surface area contributed by atoms with Crippen molar-refractivity contribution < 1.29 is 18.0 Å². The molecule has 1 aromatic heterocycles. The first kappa shape index (κ1) is 21.0. The molecule has 3 aromatic rings. The normalized spacial score (nSPS) is 11.1. The number of halogens is 3. The summed E-state index contributed by atoms with van der Waals surface area (Å²) < 4.78 is 40.1. The Bertz CT molecular complexity index is 979. The van der Waals surface area contributed by atoms with Crippen LogP contribution in [0.4, 0.5) is 18.9 Å². The van der Waals surface area contributed by atoms with Gasteiger partial charge in [0.25, 0.3) is 0 Å². The lowest BCUT2D eigenvalue weighted by atomic mass is 10.2. The van der Waals surface area contributed by atoms with Crippen LogP contribution in [0.1, 0.15) is 19.0 Å². The molecular formula is C21H20F3N3OS. The summed E-state index contributed by atoms with van der Waals surface area (Å²) >= 11 is 1.52. The van der Waals surface area contributed by atoms with Crippen molar-refractivity contribution in [3.63, 3.8) is 0 Å². The number of carbonyl (C=O) groups is 1. The van der Waals surface area contributed by atoms with Gasteiger partial charge in [-0.1, -0.05) is 37.3 Å². The molecule has 0 aliphatic rings. The van der Waals surface area contributed by atoms with E-state index in [0.29, 0.717) is 13.1 Å². The first-order valence-electron chi connectivity index (χ1n) is 9.13. The van der Waals surface area contributed by atoms with E-state index < -0.39 is 23.4 Å². The smallest absolute Gasteiger partial charge is 0.238 e. The molecule has 1 amide bonds. The molecule has 0 saturated heterocycles. The highest BCUT2D eigenvalue weighted by Crippen LogP contribution is 2.24. The predicted octanol–water partition coefficient (Wildman–Crippen LogP) is 5.08. The highest BCUT2D eigenvalue weighted by atomic mass is 32.1. The molecule has 2 aromatic carbocycles. The van der Waals surface area contributed by atoms with Crippen LogP contribution in [0.2, 0.25) is 0 Å². The van der Waals surface area contributed by atoms with Crippen LogP contribution in [0.3, 0.4) is 0 Å². The van der Waals surface area contributed by atoms with Crippen molar-refractivity contribution in [1.29, 1.82) is 0 Å². The van der Waals surface area contributed by atoms with Crippen molar-refractivity contribution in [3.05, 3.63) is 71.0 Å². The number of rotatable bonds is 8. The van der Waals surface area contributed by atoms with Crippen LogP contribution in [0.5, 0.6) is 0 Å². The van der Waals surface area contributed by atoms with Gasteiger partial charge in [-0.15, -0.1) is 11.3 Å². The second kappa shape index (κ2) is 9.67. The van der Waals surface area contributed by atoms with Gasteiger partial charge in [-0.25, -0.2) is 18.2 Å². The molecule has 0 fully saturated rings. The summed E-state index contributed by atoms with van der Waals surface area (Å²) in [5.41, 5.74) is 1.47. The van der Waals surface area contributed by atoms with E-state index in [0.717, 1.165) is 34.8 Å². The van der Waals surface area contributed by atoms with Crippen molar-refractivity contribution in [1.82, 2.24) is 9.88 Å². The largest absolute Gasteiger partial charge is 0.322 e. The number of anilines is 1. The summed E-state index contributed by atoms with van der Waals surface area (Å²) in [6.07, 6.45) is 0.808. The van der Waals surface area contributed by atoms with Gasteiger partial charge in [-0.05, 0) is 25.1 Å². The number of carbonyl (C=O) groups excluding carboxylic acids is 1. The first-order valence-corrected chi connectivity index (χ1v) is 10.0. The molecule has 1 N–H and O–H groups in total.